The Morgan fingerprint density at radius 2 is 1.70 bits per heavy atom. The Kier molecular flexibility index (Phi) is 12.6. The van der Waals surface area contributed by atoms with E-state index in [1.165, 1.54) is 30.5 Å². The first-order valence-electron chi connectivity index (χ1n) is 9.58. The molecule has 0 saturated carbocycles. The van der Waals surface area contributed by atoms with E-state index in [4.69, 9.17) is 0 Å². The smallest absolute Gasteiger partial charge is 0.316 e. The summed E-state index contributed by atoms with van der Waals surface area (Å²) in [4.78, 5) is 13.9. The van der Waals surface area contributed by atoms with Crippen LogP contribution in [-0.4, -0.2) is 10.9 Å². The van der Waals surface area contributed by atoms with Gasteiger partial charge in [0.2, 0.25) is 0 Å². The van der Waals surface area contributed by atoms with Crippen LogP contribution < -0.4 is 5.32 Å². The summed E-state index contributed by atoms with van der Waals surface area (Å²) in [5, 5.41) is 2.86. The summed E-state index contributed by atoms with van der Waals surface area (Å²) in [5.74, 6) is -0.257. The van der Waals surface area contributed by atoms with Crippen LogP contribution >= 0.6 is 0 Å². The average Bonchev–Trinajstić information content (AvgIpc) is 3.11. The Balaban J connectivity index is 0.000000998. The highest BCUT2D eigenvalue weighted by Gasteiger charge is 2.23. The minimum absolute atomic E-state index is 0.150. The number of nitrogens with zero attached hydrogens (tertiary/aromatic N) is 1. The van der Waals surface area contributed by atoms with Gasteiger partial charge in [0.05, 0.1) is 0 Å². The number of unbranched alkanes of at least 4 members (excludes halogenated alkanes) is 1. The van der Waals surface area contributed by atoms with Crippen LogP contribution in [0.3, 0.4) is 0 Å². The summed E-state index contributed by atoms with van der Waals surface area (Å²) < 4.78 is 13.2. The fourth-order valence-corrected chi connectivity index (χ4v) is 2.18. The number of allylic oxidation sites excluding steroid dienone is 4. The number of hydrogen-bond donors (Lipinski definition) is 1. The molecule has 150 valence electrons. The van der Waals surface area contributed by atoms with Crippen LogP contribution in [0.25, 0.3) is 0 Å². The van der Waals surface area contributed by atoms with Crippen molar-refractivity contribution in [1.29, 1.82) is 0 Å². The van der Waals surface area contributed by atoms with Crippen molar-refractivity contribution >= 4 is 6.03 Å². The van der Waals surface area contributed by atoms with E-state index in [9.17, 15) is 9.18 Å². The zero-order chi connectivity index (χ0) is 20.8. The van der Waals surface area contributed by atoms with E-state index in [1.807, 2.05) is 19.1 Å². The van der Waals surface area contributed by atoms with Gasteiger partial charge in [-0.3, -0.25) is 0 Å². The lowest BCUT2D eigenvalue weighted by atomic mass is 10.1. The van der Waals surface area contributed by atoms with E-state index in [2.05, 4.69) is 46.2 Å². The number of amides is 2. The molecule has 1 aromatic carbocycles. The second kappa shape index (κ2) is 13.8. The van der Waals surface area contributed by atoms with Crippen LogP contribution in [0, 0.1) is 5.82 Å². The predicted molar refractivity (Wildman–Crippen MR) is 114 cm³/mol. The second-order valence-corrected chi connectivity index (χ2v) is 6.42. The highest BCUT2D eigenvalue weighted by Crippen LogP contribution is 2.23. The summed E-state index contributed by atoms with van der Waals surface area (Å²) in [6.07, 6.45) is 7.54. The van der Waals surface area contributed by atoms with Gasteiger partial charge in [0.1, 0.15) is 5.82 Å². The number of hydrogen-bond acceptors (Lipinski definition) is 1. The van der Waals surface area contributed by atoms with Gasteiger partial charge in [-0.25, -0.2) is 9.18 Å². The van der Waals surface area contributed by atoms with Gasteiger partial charge in [-0.15, -0.1) is 13.2 Å². The van der Waals surface area contributed by atoms with Crippen molar-refractivity contribution < 1.29 is 9.18 Å². The first-order chi connectivity index (χ1) is 12.9. The summed E-state index contributed by atoms with van der Waals surface area (Å²) in [6, 6.07) is 4.53. The molecular weight excluding hydrogens is 339 g/mol. The molecule has 2 amide bonds. The number of carbonyl (C=O) groups is 1. The number of carbonyl (C=O) groups excluding carboxylic acids is 1. The fourth-order valence-electron chi connectivity index (χ4n) is 2.18. The van der Waals surface area contributed by atoms with Gasteiger partial charge in [0, 0.05) is 18.8 Å². The molecule has 0 saturated heterocycles. The monoisotopic (exact) mass is 374 g/mol. The maximum absolute atomic E-state index is 13.2. The minimum Gasteiger partial charge on any atom is -0.316 e. The Bertz CT molecular complexity index is 648. The fraction of sp³-hybridized carbons (Fsp3) is 0.435. The van der Waals surface area contributed by atoms with Crippen LogP contribution in [-0.2, 0) is 13.1 Å². The maximum Gasteiger partial charge on any atom is 0.322 e. The first kappa shape index (κ1) is 24.6. The molecule has 0 bridgehead atoms. The molecular formula is C23H35FN2O. The van der Waals surface area contributed by atoms with Gasteiger partial charge in [0.15, 0.2) is 0 Å². The number of fused-ring (bicyclic) bond motifs is 1. The van der Waals surface area contributed by atoms with Gasteiger partial charge in [0.25, 0.3) is 0 Å². The van der Waals surface area contributed by atoms with Crippen molar-refractivity contribution in [1.82, 2.24) is 10.2 Å². The molecule has 1 N–H and O–H groups in total. The summed E-state index contributed by atoms with van der Waals surface area (Å²) in [6.45, 7) is 17.3. The largest absolute Gasteiger partial charge is 0.322 e. The quantitative estimate of drug-likeness (QED) is 0.460. The lowest BCUT2D eigenvalue weighted by Gasteiger charge is -2.16. The van der Waals surface area contributed by atoms with Crippen molar-refractivity contribution in [3.05, 3.63) is 71.7 Å². The topological polar surface area (TPSA) is 32.3 Å². The van der Waals surface area contributed by atoms with E-state index >= 15 is 0 Å². The van der Waals surface area contributed by atoms with Crippen LogP contribution in [0.15, 0.2) is 54.8 Å². The van der Waals surface area contributed by atoms with E-state index < -0.39 is 0 Å². The maximum atomic E-state index is 13.2. The summed E-state index contributed by atoms with van der Waals surface area (Å²) in [5.41, 5.74) is 3.95. The molecule has 0 atom stereocenters. The zero-order valence-electron chi connectivity index (χ0n) is 17.6. The Morgan fingerprint density at radius 1 is 1.11 bits per heavy atom. The van der Waals surface area contributed by atoms with Crippen molar-refractivity contribution in [2.24, 2.45) is 0 Å². The molecule has 0 radical (unpaired) electrons. The highest BCUT2D eigenvalue weighted by molar-refractivity contribution is 5.76. The van der Waals surface area contributed by atoms with Gasteiger partial charge < -0.3 is 10.2 Å². The van der Waals surface area contributed by atoms with Crippen molar-refractivity contribution in [3.63, 3.8) is 0 Å². The number of rotatable bonds is 4. The molecule has 4 heteroatoms. The molecule has 1 aliphatic rings. The Hall–Kier alpha value is -2.36. The normalized spacial score (nSPS) is 13.0. The third-order valence-corrected chi connectivity index (χ3v) is 4.16. The zero-order valence-corrected chi connectivity index (χ0v) is 17.6. The number of halogens is 1. The van der Waals surface area contributed by atoms with Gasteiger partial charge in [-0.2, -0.15) is 0 Å². The van der Waals surface area contributed by atoms with E-state index in [0.717, 1.165) is 23.2 Å². The second-order valence-electron chi connectivity index (χ2n) is 6.42. The molecule has 1 aliphatic heterocycles. The Labute approximate surface area is 164 Å². The predicted octanol–water partition coefficient (Wildman–Crippen LogP) is 6.72. The highest BCUT2D eigenvalue weighted by atomic mass is 19.1. The van der Waals surface area contributed by atoms with Gasteiger partial charge in [-0.1, -0.05) is 51.3 Å². The standard InChI is InChI=1S/C17H21FN2O.C4H10.C2H4/c1-4-12(2)5-6-13(3)19-17(21)20-10-14-7-8-16(18)9-15(14)11-20;1-3-4-2;1-2/h5-9H,4,10-11H2,1-3H3,(H,19,21);3-4H2,1-2H3;1-2H2/b12-5+,13-6+;;. The van der Waals surface area contributed by atoms with E-state index in [-0.39, 0.29) is 11.8 Å². The number of benzene rings is 1. The summed E-state index contributed by atoms with van der Waals surface area (Å²) >= 11 is 0. The molecule has 0 aliphatic carbocycles. The third-order valence-electron chi connectivity index (χ3n) is 4.16. The molecule has 0 fully saturated rings. The lowest BCUT2D eigenvalue weighted by molar-refractivity contribution is 0.201. The molecule has 2 rings (SSSR count). The molecule has 0 spiro atoms. The van der Waals surface area contributed by atoms with E-state index in [1.54, 1.807) is 11.0 Å². The lowest BCUT2D eigenvalue weighted by Crippen LogP contribution is -2.35. The molecule has 27 heavy (non-hydrogen) atoms. The average molecular weight is 375 g/mol. The van der Waals surface area contributed by atoms with Crippen LogP contribution in [0.5, 0.6) is 0 Å². The molecule has 1 aromatic rings. The SMILES string of the molecule is C=C.CC/C(C)=C/C=C(\C)NC(=O)N1Cc2ccc(F)cc2C1.CCCC. The number of nitrogens with one attached hydrogen (secondary N) is 1. The van der Waals surface area contributed by atoms with Crippen molar-refractivity contribution in [2.45, 2.75) is 67.0 Å². The molecule has 0 unspecified atom stereocenters. The first-order valence-corrected chi connectivity index (χ1v) is 9.58. The van der Waals surface area contributed by atoms with Gasteiger partial charge >= 0.3 is 6.03 Å². The minimum atomic E-state index is -0.257. The van der Waals surface area contributed by atoms with Crippen LogP contribution in [0.4, 0.5) is 9.18 Å². The van der Waals surface area contributed by atoms with Crippen molar-refractivity contribution in [3.8, 4) is 0 Å². The Morgan fingerprint density at radius 3 is 2.26 bits per heavy atom. The van der Waals surface area contributed by atoms with Crippen LogP contribution in [0.1, 0.15) is 65.0 Å². The van der Waals surface area contributed by atoms with Crippen molar-refractivity contribution in [2.75, 3.05) is 0 Å². The molecule has 3 nitrogen and oxygen atoms in total. The third kappa shape index (κ3) is 9.23. The van der Waals surface area contributed by atoms with Gasteiger partial charge in [-0.05, 0) is 49.6 Å². The molecule has 1 heterocycles. The molecule has 0 aromatic heterocycles. The van der Waals surface area contributed by atoms with Crippen LogP contribution in [0.2, 0.25) is 0 Å². The summed E-state index contributed by atoms with van der Waals surface area (Å²) in [7, 11) is 0. The van der Waals surface area contributed by atoms with E-state index in [0.29, 0.717) is 13.1 Å². The number of urea groups is 1.